The Morgan fingerprint density at radius 3 is 3.05 bits per heavy atom. The van der Waals surface area contributed by atoms with Crippen molar-refractivity contribution >= 4 is 5.91 Å². The van der Waals surface area contributed by atoms with Gasteiger partial charge in [-0.1, -0.05) is 19.1 Å². The quantitative estimate of drug-likeness (QED) is 0.878. The van der Waals surface area contributed by atoms with Crippen LogP contribution < -0.4 is 10.1 Å². The first-order valence-electron chi connectivity index (χ1n) is 8.22. The molecule has 0 aliphatic carbocycles. The standard InChI is InChI=1S/C18H28N2O2/c1-14-6-5-9-20(13-14)15(2)12-19-18(21)11-16-7-4-8-17(10-16)22-3/h4,7-8,10,14-15H,5-6,9,11-13H2,1-3H3,(H,19,21)/t14-,15-/m1/s1. The zero-order valence-electron chi connectivity index (χ0n) is 14.0. The summed E-state index contributed by atoms with van der Waals surface area (Å²) >= 11 is 0. The minimum atomic E-state index is 0.0742. The zero-order valence-corrected chi connectivity index (χ0v) is 14.0. The summed E-state index contributed by atoms with van der Waals surface area (Å²) in [5, 5.41) is 3.06. The number of carbonyl (C=O) groups is 1. The van der Waals surface area contributed by atoms with Gasteiger partial charge in [0.25, 0.3) is 0 Å². The fourth-order valence-electron chi connectivity index (χ4n) is 3.05. The summed E-state index contributed by atoms with van der Waals surface area (Å²) in [6.07, 6.45) is 3.00. The molecular weight excluding hydrogens is 276 g/mol. The normalized spacial score (nSPS) is 20.4. The molecule has 1 aliphatic heterocycles. The Kier molecular flexibility index (Phi) is 6.25. The molecule has 0 aromatic heterocycles. The van der Waals surface area contributed by atoms with Gasteiger partial charge in [-0.05, 0) is 49.9 Å². The Morgan fingerprint density at radius 2 is 2.32 bits per heavy atom. The summed E-state index contributed by atoms with van der Waals surface area (Å²) in [4.78, 5) is 14.6. The maximum Gasteiger partial charge on any atom is 0.224 e. The Labute approximate surface area is 133 Å². The summed E-state index contributed by atoms with van der Waals surface area (Å²) in [5.41, 5.74) is 0.982. The SMILES string of the molecule is COc1cccc(CC(=O)NC[C@@H](C)N2CCC[C@@H](C)C2)c1. The van der Waals surface area contributed by atoms with Crippen LogP contribution in [0.2, 0.25) is 0 Å². The molecule has 1 aliphatic rings. The van der Waals surface area contributed by atoms with Crippen molar-refractivity contribution in [2.24, 2.45) is 5.92 Å². The third-order valence-corrected chi connectivity index (χ3v) is 4.41. The number of ether oxygens (including phenoxy) is 1. The van der Waals surface area contributed by atoms with E-state index in [0.29, 0.717) is 12.5 Å². The predicted octanol–water partition coefficient (Wildman–Crippen LogP) is 2.47. The number of hydrogen-bond donors (Lipinski definition) is 1. The number of hydrogen-bond acceptors (Lipinski definition) is 3. The van der Waals surface area contributed by atoms with Crippen molar-refractivity contribution in [3.8, 4) is 5.75 Å². The van der Waals surface area contributed by atoms with Crippen molar-refractivity contribution in [2.45, 2.75) is 39.2 Å². The molecule has 22 heavy (non-hydrogen) atoms. The van der Waals surface area contributed by atoms with Gasteiger partial charge >= 0.3 is 0 Å². The molecule has 1 aromatic carbocycles. The first kappa shape index (κ1) is 16.8. The van der Waals surface area contributed by atoms with E-state index in [1.165, 1.54) is 12.8 Å². The molecule has 2 rings (SSSR count). The van der Waals surface area contributed by atoms with E-state index in [-0.39, 0.29) is 5.91 Å². The first-order chi connectivity index (χ1) is 10.6. The lowest BCUT2D eigenvalue weighted by molar-refractivity contribution is -0.120. The average Bonchev–Trinajstić information content (AvgIpc) is 2.52. The van der Waals surface area contributed by atoms with E-state index in [0.717, 1.165) is 36.9 Å². The van der Waals surface area contributed by atoms with Gasteiger partial charge < -0.3 is 10.1 Å². The van der Waals surface area contributed by atoms with Crippen LogP contribution in [0, 0.1) is 5.92 Å². The molecular formula is C18H28N2O2. The summed E-state index contributed by atoms with van der Waals surface area (Å²) in [6.45, 7) is 7.52. The zero-order chi connectivity index (χ0) is 15.9. The number of likely N-dealkylation sites (tertiary alicyclic amines) is 1. The number of nitrogens with zero attached hydrogens (tertiary/aromatic N) is 1. The molecule has 0 bridgehead atoms. The van der Waals surface area contributed by atoms with E-state index in [4.69, 9.17) is 4.74 Å². The maximum atomic E-state index is 12.1. The van der Waals surface area contributed by atoms with Gasteiger partial charge in [0, 0.05) is 19.1 Å². The van der Waals surface area contributed by atoms with Crippen molar-refractivity contribution < 1.29 is 9.53 Å². The Balaban J connectivity index is 1.77. The van der Waals surface area contributed by atoms with Gasteiger partial charge in [0.15, 0.2) is 0 Å². The second-order valence-electron chi connectivity index (χ2n) is 6.42. The van der Waals surface area contributed by atoms with Gasteiger partial charge in [-0.3, -0.25) is 9.69 Å². The molecule has 1 heterocycles. The summed E-state index contributed by atoms with van der Waals surface area (Å²) in [7, 11) is 1.64. The van der Waals surface area contributed by atoms with E-state index < -0.39 is 0 Å². The lowest BCUT2D eigenvalue weighted by atomic mass is 9.99. The van der Waals surface area contributed by atoms with E-state index in [2.05, 4.69) is 24.1 Å². The summed E-state index contributed by atoms with van der Waals surface area (Å²) in [6, 6.07) is 8.07. The Hall–Kier alpha value is -1.55. The highest BCUT2D eigenvalue weighted by Gasteiger charge is 2.21. The second kappa shape index (κ2) is 8.18. The van der Waals surface area contributed by atoms with Crippen LogP contribution >= 0.6 is 0 Å². The van der Waals surface area contributed by atoms with Crippen LogP contribution in [0.1, 0.15) is 32.3 Å². The lowest BCUT2D eigenvalue weighted by Gasteiger charge is -2.35. The molecule has 1 fully saturated rings. The third-order valence-electron chi connectivity index (χ3n) is 4.41. The fourth-order valence-corrected chi connectivity index (χ4v) is 3.05. The number of rotatable bonds is 6. The van der Waals surface area contributed by atoms with Gasteiger partial charge in [0.1, 0.15) is 5.75 Å². The van der Waals surface area contributed by atoms with Crippen molar-refractivity contribution in [3.05, 3.63) is 29.8 Å². The molecule has 1 amide bonds. The van der Waals surface area contributed by atoms with Gasteiger partial charge in [-0.25, -0.2) is 0 Å². The van der Waals surface area contributed by atoms with Crippen molar-refractivity contribution in [1.82, 2.24) is 10.2 Å². The Bertz CT molecular complexity index is 490. The van der Waals surface area contributed by atoms with Gasteiger partial charge in [-0.15, -0.1) is 0 Å². The number of methoxy groups -OCH3 is 1. The highest BCUT2D eigenvalue weighted by atomic mass is 16.5. The van der Waals surface area contributed by atoms with Crippen LogP contribution in [0.25, 0.3) is 0 Å². The molecule has 4 nitrogen and oxygen atoms in total. The van der Waals surface area contributed by atoms with Crippen LogP contribution in [-0.4, -0.2) is 43.6 Å². The van der Waals surface area contributed by atoms with Crippen LogP contribution in [0.15, 0.2) is 24.3 Å². The highest BCUT2D eigenvalue weighted by molar-refractivity contribution is 5.78. The minimum Gasteiger partial charge on any atom is -0.497 e. The first-order valence-corrected chi connectivity index (χ1v) is 8.22. The molecule has 4 heteroatoms. The van der Waals surface area contributed by atoms with E-state index in [1.807, 2.05) is 24.3 Å². The smallest absolute Gasteiger partial charge is 0.224 e. The topological polar surface area (TPSA) is 41.6 Å². The number of amides is 1. The largest absolute Gasteiger partial charge is 0.497 e. The minimum absolute atomic E-state index is 0.0742. The molecule has 2 atom stereocenters. The molecule has 122 valence electrons. The predicted molar refractivity (Wildman–Crippen MR) is 89.1 cm³/mol. The molecule has 1 N–H and O–H groups in total. The number of nitrogens with one attached hydrogen (secondary N) is 1. The summed E-state index contributed by atoms with van der Waals surface area (Å²) < 4.78 is 5.19. The van der Waals surface area contributed by atoms with Crippen LogP contribution in [0.4, 0.5) is 0 Å². The molecule has 0 saturated carbocycles. The Morgan fingerprint density at radius 1 is 1.50 bits per heavy atom. The molecule has 0 unspecified atom stereocenters. The number of piperidine rings is 1. The second-order valence-corrected chi connectivity index (χ2v) is 6.42. The van der Waals surface area contributed by atoms with E-state index in [9.17, 15) is 4.79 Å². The number of carbonyl (C=O) groups excluding carboxylic acids is 1. The van der Waals surface area contributed by atoms with Crippen LogP contribution in [0.5, 0.6) is 5.75 Å². The van der Waals surface area contributed by atoms with E-state index in [1.54, 1.807) is 7.11 Å². The van der Waals surface area contributed by atoms with Crippen molar-refractivity contribution in [3.63, 3.8) is 0 Å². The number of benzene rings is 1. The van der Waals surface area contributed by atoms with Gasteiger partial charge in [0.05, 0.1) is 13.5 Å². The molecule has 0 radical (unpaired) electrons. The van der Waals surface area contributed by atoms with Crippen LogP contribution in [0.3, 0.4) is 0 Å². The lowest BCUT2D eigenvalue weighted by Crippen LogP contribution is -2.46. The van der Waals surface area contributed by atoms with Crippen LogP contribution in [-0.2, 0) is 11.2 Å². The maximum absolute atomic E-state index is 12.1. The van der Waals surface area contributed by atoms with E-state index >= 15 is 0 Å². The highest BCUT2D eigenvalue weighted by Crippen LogP contribution is 2.17. The summed E-state index contributed by atoms with van der Waals surface area (Å²) in [5.74, 6) is 1.63. The molecule has 0 spiro atoms. The van der Waals surface area contributed by atoms with Crippen molar-refractivity contribution in [1.29, 1.82) is 0 Å². The van der Waals surface area contributed by atoms with Gasteiger partial charge in [0.2, 0.25) is 5.91 Å². The monoisotopic (exact) mass is 304 g/mol. The fraction of sp³-hybridized carbons (Fsp3) is 0.611. The van der Waals surface area contributed by atoms with Crippen molar-refractivity contribution in [2.75, 3.05) is 26.7 Å². The molecule has 1 saturated heterocycles. The van der Waals surface area contributed by atoms with Gasteiger partial charge in [-0.2, -0.15) is 0 Å². The average molecular weight is 304 g/mol. The third kappa shape index (κ3) is 5.02. The molecule has 1 aromatic rings.